The highest BCUT2D eigenvalue weighted by atomic mass is 16.6. The van der Waals surface area contributed by atoms with Crippen LogP contribution in [0.4, 0.5) is 0 Å². The molecule has 0 fully saturated rings. The van der Waals surface area contributed by atoms with Gasteiger partial charge in [0.2, 0.25) is 0 Å². The Hall–Kier alpha value is -0.700. The third-order valence-electron chi connectivity index (χ3n) is 1.12. The normalized spacial score (nSPS) is 19.0. The highest BCUT2D eigenvalue weighted by Crippen LogP contribution is 1.97. The van der Waals surface area contributed by atoms with Gasteiger partial charge in [-0.25, -0.2) is 0 Å². The van der Waals surface area contributed by atoms with E-state index in [0.29, 0.717) is 6.61 Å². The summed E-state index contributed by atoms with van der Waals surface area (Å²) in [5, 5.41) is 3.07. The molecule has 0 aromatic carbocycles. The van der Waals surface area contributed by atoms with Crippen molar-refractivity contribution >= 4 is 6.47 Å². The molecule has 0 aromatic heterocycles. The largest absolute Gasteiger partial charge is 0.452 e. The molecule has 0 saturated carbocycles. The van der Waals surface area contributed by atoms with Crippen molar-refractivity contribution in [1.29, 1.82) is 0 Å². The van der Waals surface area contributed by atoms with Crippen LogP contribution in [0.5, 0.6) is 0 Å². The van der Waals surface area contributed by atoms with E-state index in [1.54, 1.807) is 0 Å². The number of hydrogen-bond donors (Lipinski definition) is 1. The molecule has 52 valence electrons. The third kappa shape index (κ3) is 1.93. The van der Waals surface area contributed by atoms with Crippen LogP contribution in [0.25, 0.3) is 0 Å². The standard InChI is InChI=1S/C6H11NO2/c1-2-6-7-3-4-8-5-9-6/h5,7H,2-4H2,1H3. The predicted octanol–water partition coefficient (Wildman–Crippen LogP) is 0.198. The lowest BCUT2D eigenvalue weighted by atomic mass is 10.4. The second-order valence-electron chi connectivity index (χ2n) is 1.79. The number of rotatable bonds is 1. The first kappa shape index (κ1) is 6.42. The van der Waals surface area contributed by atoms with Gasteiger partial charge in [0.15, 0.2) is 6.61 Å². The first-order valence-corrected chi connectivity index (χ1v) is 3.13. The van der Waals surface area contributed by atoms with Crippen LogP contribution in [0.15, 0.2) is 0 Å². The monoisotopic (exact) mass is 129 g/mol. The Balaban J connectivity index is 2.33. The smallest absolute Gasteiger partial charge is 0.326 e. The second-order valence-corrected chi connectivity index (χ2v) is 1.79. The fourth-order valence-electron chi connectivity index (χ4n) is 0.640. The lowest BCUT2D eigenvalue weighted by Crippen LogP contribution is -2.21. The third-order valence-corrected chi connectivity index (χ3v) is 1.12. The van der Waals surface area contributed by atoms with Crippen LogP contribution in [-0.4, -0.2) is 19.6 Å². The molecule has 0 unspecified atom stereocenters. The van der Waals surface area contributed by atoms with Crippen molar-refractivity contribution in [3.63, 3.8) is 0 Å². The molecule has 1 aliphatic rings. The van der Waals surface area contributed by atoms with Gasteiger partial charge < -0.3 is 14.5 Å². The van der Waals surface area contributed by atoms with Gasteiger partial charge >= 0.3 is 6.47 Å². The lowest BCUT2D eigenvalue weighted by Gasteiger charge is -2.08. The molecule has 1 rings (SSSR count). The molecule has 0 spiro atoms. The summed E-state index contributed by atoms with van der Waals surface area (Å²) in [6, 6.07) is 0. The molecule has 3 heteroatoms. The summed E-state index contributed by atoms with van der Waals surface area (Å²) in [5.74, 6) is 0. The zero-order valence-electron chi connectivity index (χ0n) is 5.52. The maximum atomic E-state index is 5.01. The number of nitrogens with one attached hydrogen (secondary N) is 1. The van der Waals surface area contributed by atoms with Gasteiger partial charge in [0, 0.05) is 6.54 Å². The fraction of sp³-hybridized carbons (Fsp3) is 0.667. The highest BCUT2D eigenvalue weighted by Gasteiger charge is 2.02. The second kappa shape index (κ2) is 3.35. The Morgan fingerprint density at radius 3 is 3.56 bits per heavy atom. The molecular formula is C6H11NO2. The van der Waals surface area contributed by atoms with Crippen molar-refractivity contribution in [3.05, 3.63) is 6.23 Å². The van der Waals surface area contributed by atoms with Crippen molar-refractivity contribution in [2.24, 2.45) is 0 Å². The zero-order chi connectivity index (χ0) is 6.53. The fourth-order valence-corrected chi connectivity index (χ4v) is 0.640. The number of carbonyl (C=O) groups excluding carboxylic acids is 1. The van der Waals surface area contributed by atoms with E-state index < -0.39 is 0 Å². The van der Waals surface area contributed by atoms with E-state index in [0.717, 1.165) is 19.2 Å². The molecular weight excluding hydrogens is 118 g/mol. The molecule has 3 nitrogen and oxygen atoms in total. The minimum absolute atomic E-state index is 0.684. The molecule has 1 heterocycles. The Morgan fingerprint density at radius 1 is 1.89 bits per heavy atom. The zero-order valence-corrected chi connectivity index (χ0v) is 5.52. The summed E-state index contributed by atoms with van der Waals surface area (Å²) in [7, 11) is 0. The Kier molecular flexibility index (Phi) is 2.39. The van der Waals surface area contributed by atoms with Gasteiger partial charge in [0.25, 0.3) is 0 Å². The van der Waals surface area contributed by atoms with Gasteiger partial charge in [-0.2, -0.15) is 0 Å². The number of ether oxygens (including phenoxy) is 1. The SMILES string of the molecule is CC[C-]1NCCOC=[O+]1. The van der Waals surface area contributed by atoms with Crippen molar-refractivity contribution in [2.75, 3.05) is 13.2 Å². The molecule has 0 amide bonds. The van der Waals surface area contributed by atoms with E-state index in [2.05, 4.69) is 5.32 Å². The van der Waals surface area contributed by atoms with Crippen LogP contribution in [-0.2, 0) is 9.16 Å². The van der Waals surface area contributed by atoms with E-state index in [4.69, 9.17) is 9.16 Å². The maximum Gasteiger partial charge on any atom is 0.326 e. The molecule has 0 bridgehead atoms. The minimum atomic E-state index is 0.684. The van der Waals surface area contributed by atoms with Crippen LogP contribution < -0.4 is 5.32 Å². The van der Waals surface area contributed by atoms with Crippen LogP contribution in [0.1, 0.15) is 13.3 Å². The molecule has 1 N–H and O–H groups in total. The van der Waals surface area contributed by atoms with Crippen molar-refractivity contribution in [1.82, 2.24) is 5.32 Å². The van der Waals surface area contributed by atoms with Gasteiger partial charge in [0.1, 0.15) is 6.23 Å². The van der Waals surface area contributed by atoms with Gasteiger partial charge in [-0.1, -0.05) is 6.92 Å². The molecule has 0 aromatic rings. The summed E-state index contributed by atoms with van der Waals surface area (Å²) in [6.45, 7) is 4.92. The summed E-state index contributed by atoms with van der Waals surface area (Å²) in [5.41, 5.74) is 0. The predicted molar refractivity (Wildman–Crippen MR) is 33.6 cm³/mol. The van der Waals surface area contributed by atoms with E-state index in [1.165, 1.54) is 6.47 Å². The van der Waals surface area contributed by atoms with Crippen molar-refractivity contribution in [3.8, 4) is 0 Å². The van der Waals surface area contributed by atoms with Crippen LogP contribution in [0.3, 0.4) is 0 Å². The lowest BCUT2D eigenvalue weighted by molar-refractivity contribution is -0.452. The van der Waals surface area contributed by atoms with Gasteiger partial charge in [-0.15, -0.1) is 0 Å². The first-order valence-electron chi connectivity index (χ1n) is 3.13. The minimum Gasteiger partial charge on any atom is -0.452 e. The Bertz CT molecular complexity index is 103. The molecule has 0 radical (unpaired) electrons. The van der Waals surface area contributed by atoms with Crippen LogP contribution in [0, 0.1) is 6.23 Å². The summed E-state index contributed by atoms with van der Waals surface area (Å²) in [4.78, 5) is 0. The molecule has 0 aliphatic carbocycles. The Morgan fingerprint density at radius 2 is 2.78 bits per heavy atom. The van der Waals surface area contributed by atoms with E-state index in [-0.39, 0.29) is 0 Å². The van der Waals surface area contributed by atoms with E-state index in [1.807, 2.05) is 6.92 Å². The molecule has 1 aliphatic heterocycles. The van der Waals surface area contributed by atoms with E-state index >= 15 is 0 Å². The average molecular weight is 129 g/mol. The van der Waals surface area contributed by atoms with E-state index in [9.17, 15) is 0 Å². The number of hydrogen-bond acceptors (Lipinski definition) is 2. The quantitative estimate of drug-likeness (QED) is 0.311. The van der Waals surface area contributed by atoms with Crippen LogP contribution in [0.2, 0.25) is 0 Å². The topological polar surface area (TPSA) is 32.6 Å². The van der Waals surface area contributed by atoms with Gasteiger partial charge in [-0.05, 0) is 6.42 Å². The maximum absolute atomic E-state index is 5.01. The van der Waals surface area contributed by atoms with Gasteiger partial charge in [0.05, 0.1) is 0 Å². The number of cyclic esters (lactones) is 1. The van der Waals surface area contributed by atoms with Crippen molar-refractivity contribution in [2.45, 2.75) is 13.3 Å². The molecule has 9 heavy (non-hydrogen) atoms. The van der Waals surface area contributed by atoms with Gasteiger partial charge in [-0.3, -0.25) is 0 Å². The summed E-state index contributed by atoms with van der Waals surface area (Å²) in [6.07, 6.45) is 1.77. The first-order chi connectivity index (χ1) is 4.43. The summed E-state index contributed by atoms with van der Waals surface area (Å²) < 4.78 is 9.91. The highest BCUT2D eigenvalue weighted by molar-refractivity contribution is 5.38. The Labute approximate surface area is 54.7 Å². The average Bonchev–Trinajstić information content (AvgIpc) is 2.13. The molecule has 0 atom stereocenters. The van der Waals surface area contributed by atoms with Crippen molar-refractivity contribution < 1.29 is 9.16 Å². The molecule has 0 saturated heterocycles. The van der Waals surface area contributed by atoms with Crippen LogP contribution >= 0.6 is 0 Å². The summed E-state index contributed by atoms with van der Waals surface area (Å²) >= 11 is 0.